The molecule has 1 unspecified atom stereocenters. The number of rotatable bonds is 1. The summed E-state index contributed by atoms with van der Waals surface area (Å²) in [4.78, 5) is 27.9. The summed E-state index contributed by atoms with van der Waals surface area (Å²) in [7, 11) is 0. The second-order valence-corrected chi connectivity index (χ2v) is 5.58. The lowest BCUT2D eigenvalue weighted by Crippen LogP contribution is -2.53. The van der Waals surface area contributed by atoms with Crippen molar-refractivity contribution in [1.82, 2.24) is 9.80 Å². The van der Waals surface area contributed by atoms with Gasteiger partial charge in [-0.3, -0.25) is 9.59 Å². The van der Waals surface area contributed by atoms with Gasteiger partial charge in [0.05, 0.1) is 6.04 Å². The summed E-state index contributed by atoms with van der Waals surface area (Å²) < 4.78 is 12.9. The van der Waals surface area contributed by atoms with Gasteiger partial charge in [-0.1, -0.05) is 6.92 Å². The van der Waals surface area contributed by atoms with Crippen LogP contribution in [-0.4, -0.2) is 47.3 Å². The van der Waals surface area contributed by atoms with Crippen LogP contribution in [0.25, 0.3) is 0 Å². The Morgan fingerprint density at radius 1 is 1.25 bits per heavy atom. The number of piperazine rings is 1. The van der Waals surface area contributed by atoms with Gasteiger partial charge in [0.15, 0.2) is 0 Å². The van der Waals surface area contributed by atoms with Crippen LogP contribution in [0.1, 0.15) is 23.7 Å². The van der Waals surface area contributed by atoms with E-state index in [-0.39, 0.29) is 29.6 Å². The van der Waals surface area contributed by atoms with Crippen LogP contribution in [0, 0.1) is 11.7 Å². The Labute approximate surface area is 117 Å². The zero-order valence-corrected chi connectivity index (χ0v) is 11.4. The van der Waals surface area contributed by atoms with Crippen molar-refractivity contribution in [2.24, 2.45) is 5.92 Å². The molecule has 2 fully saturated rings. The minimum absolute atomic E-state index is 0.0564. The predicted molar refractivity (Wildman–Crippen MR) is 71.6 cm³/mol. The third kappa shape index (κ3) is 2.17. The maximum absolute atomic E-state index is 12.9. The third-order valence-corrected chi connectivity index (χ3v) is 4.19. The Bertz CT molecular complexity index is 543. The average Bonchev–Trinajstić information content (AvgIpc) is 2.74. The number of fused-ring (bicyclic) bond motifs is 1. The number of hydrogen-bond donors (Lipinski definition) is 0. The molecular formula is C15H17FN2O2. The van der Waals surface area contributed by atoms with Crippen molar-refractivity contribution in [2.75, 3.05) is 19.6 Å². The molecule has 0 aliphatic carbocycles. The van der Waals surface area contributed by atoms with Gasteiger partial charge in [-0.15, -0.1) is 0 Å². The van der Waals surface area contributed by atoms with E-state index in [4.69, 9.17) is 0 Å². The second kappa shape index (κ2) is 4.89. The lowest BCUT2D eigenvalue weighted by molar-refractivity contribution is -0.132. The van der Waals surface area contributed by atoms with Crippen LogP contribution in [0.15, 0.2) is 24.3 Å². The number of benzene rings is 1. The van der Waals surface area contributed by atoms with Crippen LogP contribution in [0.5, 0.6) is 0 Å². The van der Waals surface area contributed by atoms with Gasteiger partial charge in [-0.05, 0) is 30.7 Å². The molecule has 1 aromatic carbocycles. The SMILES string of the molecule is C[C@@H]1CC2CN(C(=O)c3ccc(F)cc3)CCN2C1=O. The number of carbonyl (C=O) groups excluding carboxylic acids is 2. The van der Waals surface area contributed by atoms with E-state index >= 15 is 0 Å². The lowest BCUT2D eigenvalue weighted by Gasteiger charge is -2.37. The Morgan fingerprint density at radius 2 is 1.95 bits per heavy atom. The maximum atomic E-state index is 12.9. The molecule has 5 heteroatoms. The summed E-state index contributed by atoms with van der Waals surface area (Å²) in [6.45, 7) is 3.66. The molecule has 0 radical (unpaired) electrons. The zero-order valence-electron chi connectivity index (χ0n) is 11.4. The molecule has 2 atom stereocenters. The molecule has 2 saturated heterocycles. The number of nitrogens with zero attached hydrogens (tertiary/aromatic N) is 2. The molecular weight excluding hydrogens is 259 g/mol. The van der Waals surface area contributed by atoms with Crippen LogP contribution < -0.4 is 0 Å². The first-order valence-corrected chi connectivity index (χ1v) is 6.91. The van der Waals surface area contributed by atoms with Gasteiger partial charge in [0, 0.05) is 31.1 Å². The topological polar surface area (TPSA) is 40.6 Å². The van der Waals surface area contributed by atoms with E-state index in [0.717, 1.165) is 6.42 Å². The normalized spacial score (nSPS) is 25.8. The minimum atomic E-state index is -0.346. The fourth-order valence-electron chi connectivity index (χ4n) is 3.10. The summed E-state index contributed by atoms with van der Waals surface area (Å²) in [6.07, 6.45) is 0.812. The smallest absolute Gasteiger partial charge is 0.253 e. The minimum Gasteiger partial charge on any atom is -0.336 e. The highest BCUT2D eigenvalue weighted by Crippen LogP contribution is 2.27. The number of carbonyl (C=O) groups is 2. The van der Waals surface area contributed by atoms with Crippen molar-refractivity contribution in [1.29, 1.82) is 0 Å². The average molecular weight is 276 g/mol. The monoisotopic (exact) mass is 276 g/mol. The van der Waals surface area contributed by atoms with Crippen LogP contribution in [0.4, 0.5) is 4.39 Å². The molecule has 2 aliphatic heterocycles. The Morgan fingerprint density at radius 3 is 2.65 bits per heavy atom. The van der Waals surface area contributed by atoms with Crippen LogP contribution in [0.2, 0.25) is 0 Å². The first kappa shape index (κ1) is 13.1. The van der Waals surface area contributed by atoms with Crippen LogP contribution >= 0.6 is 0 Å². The molecule has 106 valence electrons. The predicted octanol–water partition coefficient (Wildman–Crippen LogP) is 1.52. The molecule has 0 bridgehead atoms. The highest BCUT2D eigenvalue weighted by atomic mass is 19.1. The van der Waals surface area contributed by atoms with E-state index in [1.807, 2.05) is 11.8 Å². The van der Waals surface area contributed by atoms with Gasteiger partial charge >= 0.3 is 0 Å². The Kier molecular flexibility index (Phi) is 3.20. The summed E-state index contributed by atoms with van der Waals surface area (Å²) in [5.74, 6) is -0.178. The van der Waals surface area contributed by atoms with Crippen LogP contribution in [0.3, 0.4) is 0 Å². The maximum Gasteiger partial charge on any atom is 0.253 e. The first-order chi connectivity index (χ1) is 9.56. The first-order valence-electron chi connectivity index (χ1n) is 6.91. The van der Waals surface area contributed by atoms with Gasteiger partial charge in [0.1, 0.15) is 5.82 Å². The van der Waals surface area contributed by atoms with Gasteiger partial charge in [-0.2, -0.15) is 0 Å². The van der Waals surface area contributed by atoms with E-state index in [2.05, 4.69) is 0 Å². The third-order valence-electron chi connectivity index (χ3n) is 4.19. The summed E-state index contributed by atoms with van der Waals surface area (Å²) in [6, 6.07) is 5.74. The summed E-state index contributed by atoms with van der Waals surface area (Å²) in [5.41, 5.74) is 0.497. The largest absolute Gasteiger partial charge is 0.336 e. The highest BCUT2D eigenvalue weighted by molar-refractivity contribution is 5.94. The molecule has 4 nitrogen and oxygen atoms in total. The van der Waals surface area contributed by atoms with E-state index in [1.54, 1.807) is 4.90 Å². The molecule has 0 aromatic heterocycles. The highest BCUT2D eigenvalue weighted by Gasteiger charge is 2.41. The Hall–Kier alpha value is -1.91. The van der Waals surface area contributed by atoms with Gasteiger partial charge in [0.2, 0.25) is 5.91 Å². The molecule has 0 N–H and O–H groups in total. The van der Waals surface area contributed by atoms with Crippen LogP contribution in [-0.2, 0) is 4.79 Å². The summed E-state index contributed by atoms with van der Waals surface area (Å²) >= 11 is 0. The molecule has 2 aliphatic rings. The molecule has 0 saturated carbocycles. The molecule has 2 amide bonds. The summed E-state index contributed by atoms with van der Waals surface area (Å²) in [5, 5.41) is 0. The van der Waals surface area contributed by atoms with E-state index in [0.29, 0.717) is 25.2 Å². The van der Waals surface area contributed by atoms with Gasteiger partial charge < -0.3 is 9.80 Å². The van der Waals surface area contributed by atoms with Crippen molar-refractivity contribution < 1.29 is 14.0 Å². The van der Waals surface area contributed by atoms with Gasteiger partial charge in [0.25, 0.3) is 5.91 Å². The number of amides is 2. The van der Waals surface area contributed by atoms with E-state index in [1.165, 1.54) is 24.3 Å². The van der Waals surface area contributed by atoms with E-state index in [9.17, 15) is 14.0 Å². The van der Waals surface area contributed by atoms with Crippen molar-refractivity contribution >= 4 is 11.8 Å². The quantitative estimate of drug-likeness (QED) is 0.780. The molecule has 20 heavy (non-hydrogen) atoms. The number of hydrogen-bond acceptors (Lipinski definition) is 2. The number of halogens is 1. The standard InChI is InChI=1S/C15H17FN2O2/c1-10-8-13-9-17(6-7-18(13)14(10)19)15(20)11-2-4-12(16)5-3-11/h2-5,10,13H,6-9H2,1H3/t10-,13?/m1/s1. The molecule has 0 spiro atoms. The zero-order chi connectivity index (χ0) is 14.3. The lowest BCUT2D eigenvalue weighted by atomic mass is 10.1. The fraction of sp³-hybridized carbons (Fsp3) is 0.467. The Balaban J connectivity index is 1.72. The molecule has 2 heterocycles. The van der Waals surface area contributed by atoms with Crippen molar-refractivity contribution in [3.63, 3.8) is 0 Å². The van der Waals surface area contributed by atoms with Crippen molar-refractivity contribution in [3.8, 4) is 0 Å². The van der Waals surface area contributed by atoms with Crippen molar-refractivity contribution in [2.45, 2.75) is 19.4 Å². The second-order valence-electron chi connectivity index (χ2n) is 5.58. The molecule has 1 aromatic rings. The van der Waals surface area contributed by atoms with Gasteiger partial charge in [-0.25, -0.2) is 4.39 Å². The fourth-order valence-corrected chi connectivity index (χ4v) is 3.10. The van der Waals surface area contributed by atoms with E-state index < -0.39 is 0 Å². The van der Waals surface area contributed by atoms with Crippen molar-refractivity contribution in [3.05, 3.63) is 35.6 Å². The molecule has 3 rings (SSSR count).